The van der Waals surface area contributed by atoms with Crippen LogP contribution in [0.15, 0.2) is 54.6 Å². The Morgan fingerprint density at radius 3 is 2.50 bits per heavy atom. The third-order valence-corrected chi connectivity index (χ3v) is 3.21. The molecule has 0 saturated heterocycles. The SMILES string of the molecule is N#CC(CNCc1cccc(CO)c1)c1ccccc1. The monoisotopic (exact) mass is 266 g/mol. The van der Waals surface area contributed by atoms with E-state index >= 15 is 0 Å². The Labute approximate surface area is 119 Å². The molecule has 0 radical (unpaired) electrons. The number of nitrogens with one attached hydrogen (secondary N) is 1. The van der Waals surface area contributed by atoms with E-state index in [1.807, 2.05) is 54.6 Å². The molecule has 3 heteroatoms. The zero-order valence-electron chi connectivity index (χ0n) is 11.3. The van der Waals surface area contributed by atoms with Gasteiger partial charge in [-0.1, -0.05) is 54.6 Å². The summed E-state index contributed by atoms with van der Waals surface area (Å²) in [5.74, 6) is -0.141. The van der Waals surface area contributed by atoms with Crippen molar-refractivity contribution >= 4 is 0 Å². The van der Waals surface area contributed by atoms with E-state index in [-0.39, 0.29) is 12.5 Å². The Balaban J connectivity index is 1.90. The second kappa shape index (κ2) is 7.44. The Bertz CT molecular complexity index is 575. The number of nitriles is 1. The molecule has 2 N–H and O–H groups in total. The van der Waals surface area contributed by atoms with E-state index < -0.39 is 0 Å². The van der Waals surface area contributed by atoms with Crippen LogP contribution in [-0.4, -0.2) is 11.7 Å². The lowest BCUT2D eigenvalue weighted by Gasteiger charge is -2.11. The normalized spacial score (nSPS) is 11.8. The van der Waals surface area contributed by atoms with Gasteiger partial charge in [-0.3, -0.25) is 0 Å². The van der Waals surface area contributed by atoms with E-state index in [1.165, 1.54) is 0 Å². The molecule has 20 heavy (non-hydrogen) atoms. The zero-order valence-corrected chi connectivity index (χ0v) is 11.3. The van der Waals surface area contributed by atoms with Gasteiger partial charge in [0.05, 0.1) is 18.6 Å². The van der Waals surface area contributed by atoms with E-state index in [0.29, 0.717) is 13.1 Å². The molecule has 0 aromatic heterocycles. The van der Waals surface area contributed by atoms with Gasteiger partial charge >= 0.3 is 0 Å². The van der Waals surface area contributed by atoms with Crippen molar-refractivity contribution in [3.8, 4) is 6.07 Å². The number of aliphatic hydroxyl groups excluding tert-OH is 1. The van der Waals surface area contributed by atoms with Crippen LogP contribution in [0.2, 0.25) is 0 Å². The third kappa shape index (κ3) is 3.92. The fourth-order valence-electron chi connectivity index (χ4n) is 2.12. The van der Waals surface area contributed by atoms with Crippen molar-refractivity contribution in [2.24, 2.45) is 0 Å². The second-order valence-corrected chi connectivity index (χ2v) is 4.70. The number of rotatable bonds is 6. The lowest BCUT2D eigenvalue weighted by molar-refractivity contribution is 0.281. The molecule has 102 valence electrons. The number of benzene rings is 2. The van der Waals surface area contributed by atoms with Crippen molar-refractivity contribution in [2.45, 2.75) is 19.1 Å². The first-order valence-electron chi connectivity index (χ1n) is 6.67. The average molecular weight is 266 g/mol. The van der Waals surface area contributed by atoms with E-state index in [9.17, 15) is 5.26 Å². The molecular weight excluding hydrogens is 248 g/mol. The fraction of sp³-hybridized carbons (Fsp3) is 0.235. The Kier molecular flexibility index (Phi) is 5.31. The lowest BCUT2D eigenvalue weighted by Crippen LogP contribution is -2.20. The van der Waals surface area contributed by atoms with Crippen molar-refractivity contribution < 1.29 is 5.11 Å². The first-order chi connectivity index (χ1) is 9.83. The van der Waals surface area contributed by atoms with Crippen LogP contribution in [0, 0.1) is 11.3 Å². The first kappa shape index (κ1) is 14.3. The van der Waals surface area contributed by atoms with Gasteiger partial charge in [-0.2, -0.15) is 5.26 Å². The van der Waals surface area contributed by atoms with E-state index in [1.54, 1.807) is 0 Å². The molecule has 0 saturated carbocycles. The topological polar surface area (TPSA) is 56.0 Å². The third-order valence-electron chi connectivity index (χ3n) is 3.21. The predicted molar refractivity (Wildman–Crippen MR) is 78.9 cm³/mol. The summed E-state index contributed by atoms with van der Waals surface area (Å²) in [5, 5.41) is 21.6. The maximum atomic E-state index is 9.24. The van der Waals surface area contributed by atoms with Crippen molar-refractivity contribution in [1.82, 2.24) is 5.32 Å². The van der Waals surface area contributed by atoms with Crippen LogP contribution in [0.4, 0.5) is 0 Å². The molecule has 1 unspecified atom stereocenters. The van der Waals surface area contributed by atoms with Crippen molar-refractivity contribution in [3.63, 3.8) is 0 Å². The Morgan fingerprint density at radius 1 is 1.05 bits per heavy atom. The minimum absolute atomic E-state index is 0.0542. The summed E-state index contributed by atoms with van der Waals surface area (Å²) in [6, 6.07) is 19.9. The highest BCUT2D eigenvalue weighted by Crippen LogP contribution is 2.13. The van der Waals surface area contributed by atoms with Gasteiger partial charge in [0, 0.05) is 13.1 Å². The quantitative estimate of drug-likeness (QED) is 0.845. The maximum absolute atomic E-state index is 9.24. The van der Waals surface area contributed by atoms with Gasteiger partial charge in [-0.05, 0) is 16.7 Å². The molecule has 2 aromatic rings. The van der Waals surface area contributed by atoms with Gasteiger partial charge < -0.3 is 10.4 Å². The molecule has 1 atom stereocenters. The number of nitrogens with zero attached hydrogens (tertiary/aromatic N) is 1. The van der Waals surface area contributed by atoms with Gasteiger partial charge in [-0.15, -0.1) is 0 Å². The highest BCUT2D eigenvalue weighted by atomic mass is 16.3. The lowest BCUT2D eigenvalue weighted by atomic mass is 10.0. The summed E-state index contributed by atoms with van der Waals surface area (Å²) in [7, 11) is 0. The van der Waals surface area contributed by atoms with E-state index in [0.717, 1.165) is 16.7 Å². The highest BCUT2D eigenvalue weighted by Gasteiger charge is 2.09. The maximum Gasteiger partial charge on any atom is 0.0837 e. The Morgan fingerprint density at radius 2 is 1.80 bits per heavy atom. The minimum atomic E-state index is -0.141. The van der Waals surface area contributed by atoms with Gasteiger partial charge in [0.25, 0.3) is 0 Å². The van der Waals surface area contributed by atoms with Gasteiger partial charge in [-0.25, -0.2) is 0 Å². The molecule has 0 spiro atoms. The van der Waals surface area contributed by atoms with Crippen LogP contribution in [-0.2, 0) is 13.2 Å². The number of aliphatic hydroxyl groups is 1. The van der Waals surface area contributed by atoms with Crippen molar-refractivity contribution in [1.29, 1.82) is 5.26 Å². The van der Waals surface area contributed by atoms with Crippen molar-refractivity contribution in [3.05, 3.63) is 71.3 Å². The summed E-state index contributed by atoms with van der Waals surface area (Å²) in [5.41, 5.74) is 3.05. The van der Waals surface area contributed by atoms with E-state index in [2.05, 4.69) is 11.4 Å². The molecule has 0 bridgehead atoms. The fourth-order valence-corrected chi connectivity index (χ4v) is 2.12. The molecular formula is C17H18N2O. The average Bonchev–Trinajstić information content (AvgIpc) is 2.52. The summed E-state index contributed by atoms with van der Waals surface area (Å²) in [6.07, 6.45) is 0. The molecule has 2 rings (SSSR count). The van der Waals surface area contributed by atoms with Crippen LogP contribution in [0.1, 0.15) is 22.6 Å². The molecule has 0 amide bonds. The molecule has 0 aliphatic carbocycles. The van der Waals surface area contributed by atoms with E-state index in [4.69, 9.17) is 5.11 Å². The zero-order chi connectivity index (χ0) is 14.2. The van der Waals surface area contributed by atoms with Gasteiger partial charge in [0.15, 0.2) is 0 Å². The minimum Gasteiger partial charge on any atom is -0.392 e. The van der Waals surface area contributed by atoms with Crippen LogP contribution in [0.3, 0.4) is 0 Å². The predicted octanol–water partition coefficient (Wildman–Crippen LogP) is 2.58. The first-order valence-corrected chi connectivity index (χ1v) is 6.67. The molecule has 0 fully saturated rings. The van der Waals surface area contributed by atoms with Crippen molar-refractivity contribution in [2.75, 3.05) is 6.54 Å². The second-order valence-electron chi connectivity index (χ2n) is 4.70. The van der Waals surface area contributed by atoms with Crippen LogP contribution >= 0.6 is 0 Å². The highest BCUT2D eigenvalue weighted by molar-refractivity contribution is 5.26. The van der Waals surface area contributed by atoms with Crippen LogP contribution in [0.5, 0.6) is 0 Å². The summed E-state index contributed by atoms with van der Waals surface area (Å²) >= 11 is 0. The van der Waals surface area contributed by atoms with Crippen LogP contribution in [0.25, 0.3) is 0 Å². The Hall–Kier alpha value is -2.15. The molecule has 2 aromatic carbocycles. The largest absolute Gasteiger partial charge is 0.392 e. The summed E-state index contributed by atoms with van der Waals surface area (Å²) in [4.78, 5) is 0. The van der Waals surface area contributed by atoms with Gasteiger partial charge in [0.1, 0.15) is 0 Å². The number of hydrogen-bond donors (Lipinski definition) is 2. The molecule has 0 aliphatic heterocycles. The standard InChI is InChI=1S/C17H18N2O/c18-10-17(16-7-2-1-3-8-16)12-19-11-14-5-4-6-15(9-14)13-20/h1-9,17,19-20H,11-13H2. The molecule has 0 aliphatic rings. The molecule has 3 nitrogen and oxygen atoms in total. The smallest absolute Gasteiger partial charge is 0.0837 e. The van der Waals surface area contributed by atoms with Crippen LogP contribution < -0.4 is 5.32 Å². The molecule has 0 heterocycles. The summed E-state index contributed by atoms with van der Waals surface area (Å²) in [6.45, 7) is 1.36. The summed E-state index contributed by atoms with van der Waals surface area (Å²) < 4.78 is 0. The van der Waals surface area contributed by atoms with Gasteiger partial charge in [0.2, 0.25) is 0 Å². The number of hydrogen-bond acceptors (Lipinski definition) is 3.